The number of carbonyl (C=O) groups is 1. The Hall–Kier alpha value is -3.30. The van der Waals surface area contributed by atoms with Gasteiger partial charge in [-0.15, -0.1) is 0 Å². The third-order valence-electron chi connectivity index (χ3n) is 6.35. The lowest BCUT2D eigenvalue weighted by molar-refractivity contribution is 0.198. The van der Waals surface area contributed by atoms with E-state index in [1.807, 2.05) is 17.0 Å². The normalized spacial score (nSPS) is 23.4. The van der Waals surface area contributed by atoms with E-state index in [-0.39, 0.29) is 23.9 Å². The van der Waals surface area contributed by atoms with Crippen molar-refractivity contribution in [3.8, 4) is 11.5 Å². The maximum absolute atomic E-state index is 14.5. The molecule has 0 aromatic carbocycles. The minimum Gasteiger partial charge on any atom is -0.365 e. The van der Waals surface area contributed by atoms with Gasteiger partial charge in [-0.1, -0.05) is 6.92 Å². The summed E-state index contributed by atoms with van der Waals surface area (Å²) in [7, 11) is 0. The molecule has 3 aromatic heterocycles. The van der Waals surface area contributed by atoms with Crippen molar-refractivity contribution in [2.45, 2.75) is 51.1 Å². The number of likely N-dealkylation sites (tertiary alicyclic amines) is 1. The molecule has 168 valence electrons. The van der Waals surface area contributed by atoms with Gasteiger partial charge in [0, 0.05) is 31.4 Å². The largest absolute Gasteiger partial charge is 0.365 e. The number of carbonyl (C=O) groups excluding carboxylic acids is 1. The van der Waals surface area contributed by atoms with Crippen LogP contribution in [0.4, 0.5) is 15.0 Å². The number of halogens is 1. The van der Waals surface area contributed by atoms with E-state index in [0.29, 0.717) is 23.1 Å². The molecule has 1 saturated heterocycles. The van der Waals surface area contributed by atoms with Crippen molar-refractivity contribution in [3.05, 3.63) is 30.3 Å². The number of anilines is 1. The molecule has 2 amide bonds. The Morgan fingerprint density at radius 2 is 2.12 bits per heavy atom. The van der Waals surface area contributed by atoms with E-state index >= 15 is 0 Å². The maximum atomic E-state index is 14.5. The lowest BCUT2D eigenvalue weighted by atomic mass is 9.91. The van der Waals surface area contributed by atoms with Gasteiger partial charge in [-0.3, -0.25) is 5.10 Å². The molecular formula is C22H27FN8O. The minimum atomic E-state index is -0.510. The number of hydrogen-bond donors (Lipinski definition) is 3. The average Bonchev–Trinajstić information content (AvgIpc) is 3.42. The van der Waals surface area contributed by atoms with Crippen LogP contribution >= 0.6 is 0 Å². The molecule has 0 bridgehead atoms. The molecule has 3 N–H and O–H groups in total. The zero-order chi connectivity index (χ0) is 22.1. The van der Waals surface area contributed by atoms with Crippen molar-refractivity contribution in [2.24, 2.45) is 5.92 Å². The molecule has 2 aliphatic rings. The van der Waals surface area contributed by atoms with E-state index < -0.39 is 5.82 Å². The molecule has 32 heavy (non-hydrogen) atoms. The first kappa shape index (κ1) is 20.6. The van der Waals surface area contributed by atoms with Crippen LogP contribution in [0.15, 0.2) is 24.5 Å². The fourth-order valence-electron chi connectivity index (χ4n) is 4.64. The van der Waals surface area contributed by atoms with Gasteiger partial charge >= 0.3 is 6.03 Å². The summed E-state index contributed by atoms with van der Waals surface area (Å²) in [5, 5.41) is 14.3. The third-order valence-corrected chi connectivity index (χ3v) is 6.35. The maximum Gasteiger partial charge on any atom is 0.317 e. The van der Waals surface area contributed by atoms with Crippen molar-refractivity contribution in [1.29, 1.82) is 0 Å². The van der Waals surface area contributed by atoms with Crippen molar-refractivity contribution < 1.29 is 9.18 Å². The number of amides is 2. The predicted octanol–water partition coefficient (Wildman–Crippen LogP) is 3.33. The number of H-pyrrole nitrogens is 1. The van der Waals surface area contributed by atoms with Crippen LogP contribution in [0.5, 0.6) is 0 Å². The standard InChI is InChI=1S/C22H27FN8O/c1-13-7-9-31(12-13)22(32)27-15-5-2-4-14(10-15)26-20-17(23)11-25-21(28-20)18-16-6-3-8-24-19(16)30-29-18/h3,6,8,11,13-15H,2,4-5,7,9-10,12H2,1H3,(H,27,32)(H,24,29,30)(H,25,26,28)/t13-,14+,15-/m1/s1. The summed E-state index contributed by atoms with van der Waals surface area (Å²) in [6.45, 7) is 3.79. The number of nitrogens with zero attached hydrogens (tertiary/aromatic N) is 5. The van der Waals surface area contributed by atoms with Gasteiger partial charge in [0.1, 0.15) is 5.69 Å². The van der Waals surface area contributed by atoms with Crippen LogP contribution < -0.4 is 10.6 Å². The summed E-state index contributed by atoms with van der Waals surface area (Å²) in [6, 6.07) is 3.77. The zero-order valence-corrected chi connectivity index (χ0v) is 18.0. The van der Waals surface area contributed by atoms with Gasteiger partial charge in [-0.05, 0) is 50.2 Å². The van der Waals surface area contributed by atoms with Gasteiger partial charge in [0.2, 0.25) is 0 Å². The fourth-order valence-corrected chi connectivity index (χ4v) is 4.64. The van der Waals surface area contributed by atoms with Crippen LogP contribution in [0.1, 0.15) is 39.0 Å². The lowest BCUT2D eigenvalue weighted by Crippen LogP contribution is -2.47. The smallest absolute Gasteiger partial charge is 0.317 e. The highest BCUT2D eigenvalue weighted by Gasteiger charge is 2.28. The first-order valence-electron chi connectivity index (χ1n) is 11.2. The molecule has 1 aliphatic heterocycles. The highest BCUT2D eigenvalue weighted by Crippen LogP contribution is 2.26. The number of fused-ring (bicyclic) bond motifs is 1. The number of aromatic nitrogens is 5. The second kappa shape index (κ2) is 8.68. The monoisotopic (exact) mass is 438 g/mol. The Balaban J connectivity index is 1.27. The van der Waals surface area contributed by atoms with E-state index in [1.54, 1.807) is 6.20 Å². The Morgan fingerprint density at radius 3 is 2.97 bits per heavy atom. The quantitative estimate of drug-likeness (QED) is 0.576. The molecule has 2 fully saturated rings. The van der Waals surface area contributed by atoms with Crippen LogP contribution in [0.3, 0.4) is 0 Å². The number of hydrogen-bond acceptors (Lipinski definition) is 6. The van der Waals surface area contributed by atoms with Crippen molar-refractivity contribution in [1.82, 2.24) is 35.4 Å². The van der Waals surface area contributed by atoms with E-state index in [1.165, 1.54) is 0 Å². The molecular weight excluding hydrogens is 411 g/mol. The minimum absolute atomic E-state index is 0.00882. The molecule has 5 rings (SSSR count). The summed E-state index contributed by atoms with van der Waals surface area (Å²) in [5.41, 5.74) is 1.16. The second-order valence-corrected chi connectivity index (χ2v) is 8.86. The third kappa shape index (κ3) is 4.21. The topological polar surface area (TPSA) is 112 Å². The molecule has 0 radical (unpaired) electrons. The zero-order valence-electron chi connectivity index (χ0n) is 18.0. The van der Waals surface area contributed by atoms with Gasteiger partial charge in [0.05, 0.1) is 11.6 Å². The number of rotatable bonds is 4. The van der Waals surface area contributed by atoms with Gasteiger partial charge in [0.15, 0.2) is 23.1 Å². The van der Waals surface area contributed by atoms with Crippen LogP contribution in [0.25, 0.3) is 22.6 Å². The van der Waals surface area contributed by atoms with E-state index in [0.717, 1.165) is 56.8 Å². The fraction of sp³-hybridized carbons (Fsp3) is 0.500. The molecule has 3 aromatic rings. The van der Waals surface area contributed by atoms with Gasteiger partial charge < -0.3 is 15.5 Å². The van der Waals surface area contributed by atoms with Crippen LogP contribution in [-0.2, 0) is 0 Å². The van der Waals surface area contributed by atoms with Gasteiger partial charge in [-0.25, -0.2) is 24.1 Å². The highest BCUT2D eigenvalue weighted by atomic mass is 19.1. The Kier molecular flexibility index (Phi) is 5.59. The number of aromatic amines is 1. The van der Waals surface area contributed by atoms with Crippen molar-refractivity contribution in [3.63, 3.8) is 0 Å². The second-order valence-electron chi connectivity index (χ2n) is 8.86. The Morgan fingerprint density at radius 1 is 1.25 bits per heavy atom. The number of pyridine rings is 1. The Labute approximate surface area is 185 Å². The van der Waals surface area contributed by atoms with E-state index in [2.05, 4.69) is 42.7 Å². The van der Waals surface area contributed by atoms with E-state index in [9.17, 15) is 9.18 Å². The lowest BCUT2D eigenvalue weighted by Gasteiger charge is -2.32. The average molecular weight is 439 g/mol. The van der Waals surface area contributed by atoms with Crippen LogP contribution in [-0.4, -0.2) is 61.3 Å². The summed E-state index contributed by atoms with van der Waals surface area (Å²) in [5.74, 6) is 0.528. The predicted molar refractivity (Wildman–Crippen MR) is 118 cm³/mol. The SMILES string of the molecule is C[C@@H]1CCN(C(=O)N[C@@H]2CCC[C@H](Nc3nc(-c4n[nH]c5ncccc45)ncc3F)C2)C1. The molecule has 9 nitrogen and oxygen atoms in total. The molecule has 4 heterocycles. The molecule has 3 atom stereocenters. The highest BCUT2D eigenvalue weighted by molar-refractivity contribution is 5.88. The number of nitrogens with one attached hydrogen (secondary N) is 3. The van der Waals surface area contributed by atoms with Crippen molar-refractivity contribution in [2.75, 3.05) is 18.4 Å². The molecule has 10 heteroatoms. The molecule has 0 unspecified atom stereocenters. The summed E-state index contributed by atoms with van der Waals surface area (Å²) in [4.78, 5) is 27.2. The summed E-state index contributed by atoms with van der Waals surface area (Å²) >= 11 is 0. The summed E-state index contributed by atoms with van der Waals surface area (Å²) in [6.07, 6.45) is 7.39. The van der Waals surface area contributed by atoms with E-state index in [4.69, 9.17) is 0 Å². The first-order valence-corrected chi connectivity index (χ1v) is 11.2. The molecule has 0 spiro atoms. The number of urea groups is 1. The molecule has 1 saturated carbocycles. The molecule has 1 aliphatic carbocycles. The van der Waals surface area contributed by atoms with Crippen molar-refractivity contribution >= 4 is 22.9 Å². The van der Waals surface area contributed by atoms with Gasteiger partial charge in [-0.2, -0.15) is 5.10 Å². The van der Waals surface area contributed by atoms with Gasteiger partial charge in [0.25, 0.3) is 0 Å². The first-order chi connectivity index (χ1) is 15.6. The van der Waals surface area contributed by atoms with Crippen LogP contribution in [0, 0.1) is 11.7 Å². The summed E-state index contributed by atoms with van der Waals surface area (Å²) < 4.78 is 14.5. The van der Waals surface area contributed by atoms with Crippen LogP contribution in [0.2, 0.25) is 0 Å². The Bertz CT molecular complexity index is 1120.